The maximum atomic E-state index is 5.95. The average Bonchev–Trinajstić information content (AvgIpc) is 3.18. The van der Waals surface area contributed by atoms with Crippen molar-refractivity contribution in [1.82, 2.24) is 9.55 Å². The van der Waals surface area contributed by atoms with Crippen molar-refractivity contribution in [2.75, 3.05) is 27.9 Å². The fraction of sp³-hybridized carbons (Fsp3) is 0.208. The zero-order chi connectivity index (χ0) is 21.8. The molecular formula is C24H23ClN2O4. The SMILES string of the molecule is COc1cc(-c2nc3ccccc3n2CCOc2ccc(Cl)cc2)cc(OC)c1OC. The molecule has 0 aliphatic rings. The van der Waals surface area contributed by atoms with E-state index in [2.05, 4.69) is 4.57 Å². The van der Waals surface area contributed by atoms with Gasteiger partial charge in [-0.25, -0.2) is 4.98 Å². The van der Waals surface area contributed by atoms with E-state index in [4.69, 9.17) is 35.5 Å². The third kappa shape index (κ3) is 4.25. The Labute approximate surface area is 185 Å². The molecule has 31 heavy (non-hydrogen) atoms. The van der Waals surface area contributed by atoms with Gasteiger partial charge < -0.3 is 23.5 Å². The van der Waals surface area contributed by atoms with Crippen molar-refractivity contribution >= 4 is 22.6 Å². The summed E-state index contributed by atoms with van der Waals surface area (Å²) in [6.07, 6.45) is 0. The van der Waals surface area contributed by atoms with Crippen LogP contribution in [-0.4, -0.2) is 37.5 Å². The standard InChI is InChI=1S/C24H23ClN2O4/c1-28-21-14-16(15-22(29-2)23(21)30-3)24-26-19-6-4-5-7-20(19)27(24)12-13-31-18-10-8-17(25)9-11-18/h4-11,14-15H,12-13H2,1-3H3. The quantitative estimate of drug-likeness (QED) is 0.365. The van der Waals surface area contributed by atoms with Crippen molar-refractivity contribution in [2.45, 2.75) is 6.54 Å². The molecule has 0 spiro atoms. The average molecular weight is 439 g/mol. The predicted molar refractivity (Wildman–Crippen MR) is 122 cm³/mol. The summed E-state index contributed by atoms with van der Waals surface area (Å²) >= 11 is 5.95. The second-order valence-corrected chi connectivity index (χ2v) is 7.23. The molecule has 1 heterocycles. The molecule has 4 rings (SSSR count). The molecule has 7 heteroatoms. The van der Waals surface area contributed by atoms with Gasteiger partial charge in [-0.15, -0.1) is 0 Å². The molecule has 0 atom stereocenters. The highest BCUT2D eigenvalue weighted by Crippen LogP contribution is 2.41. The highest BCUT2D eigenvalue weighted by atomic mass is 35.5. The molecule has 0 amide bonds. The van der Waals surface area contributed by atoms with E-state index in [0.29, 0.717) is 35.4 Å². The number of nitrogens with zero attached hydrogens (tertiary/aromatic N) is 2. The number of hydrogen-bond acceptors (Lipinski definition) is 5. The van der Waals surface area contributed by atoms with E-state index in [1.807, 2.05) is 60.7 Å². The maximum Gasteiger partial charge on any atom is 0.203 e. The first-order chi connectivity index (χ1) is 15.1. The molecule has 0 aliphatic heterocycles. The summed E-state index contributed by atoms with van der Waals surface area (Å²) in [5, 5.41) is 0.678. The zero-order valence-electron chi connectivity index (χ0n) is 17.6. The van der Waals surface area contributed by atoms with Crippen LogP contribution in [0.2, 0.25) is 5.02 Å². The van der Waals surface area contributed by atoms with Crippen molar-refractivity contribution in [2.24, 2.45) is 0 Å². The van der Waals surface area contributed by atoms with E-state index in [-0.39, 0.29) is 0 Å². The number of aromatic nitrogens is 2. The summed E-state index contributed by atoms with van der Waals surface area (Å²) in [6.45, 7) is 1.08. The van der Waals surface area contributed by atoms with Crippen molar-refractivity contribution < 1.29 is 18.9 Å². The van der Waals surface area contributed by atoms with Crippen LogP contribution < -0.4 is 18.9 Å². The fourth-order valence-electron chi connectivity index (χ4n) is 3.52. The van der Waals surface area contributed by atoms with Gasteiger partial charge in [-0.2, -0.15) is 0 Å². The van der Waals surface area contributed by atoms with Gasteiger partial charge in [0, 0.05) is 10.6 Å². The normalized spacial score (nSPS) is 10.8. The minimum Gasteiger partial charge on any atom is -0.493 e. The lowest BCUT2D eigenvalue weighted by Gasteiger charge is -2.15. The summed E-state index contributed by atoms with van der Waals surface area (Å²) in [7, 11) is 4.79. The van der Waals surface area contributed by atoms with E-state index in [9.17, 15) is 0 Å². The van der Waals surface area contributed by atoms with Crippen LogP contribution in [0, 0.1) is 0 Å². The molecule has 1 aromatic heterocycles. The topological polar surface area (TPSA) is 54.7 Å². The fourth-order valence-corrected chi connectivity index (χ4v) is 3.64. The number of halogens is 1. The van der Waals surface area contributed by atoms with Crippen LogP contribution in [0.3, 0.4) is 0 Å². The molecule has 3 aromatic carbocycles. The Morgan fingerprint density at radius 1 is 0.871 bits per heavy atom. The number of rotatable bonds is 8. The van der Waals surface area contributed by atoms with E-state index in [0.717, 1.165) is 28.2 Å². The Hall–Kier alpha value is -3.38. The number of para-hydroxylation sites is 2. The van der Waals surface area contributed by atoms with Gasteiger partial charge in [0.1, 0.15) is 18.2 Å². The highest BCUT2D eigenvalue weighted by Gasteiger charge is 2.18. The van der Waals surface area contributed by atoms with Crippen molar-refractivity contribution in [3.05, 3.63) is 65.7 Å². The first kappa shape index (κ1) is 20.9. The summed E-state index contributed by atoms with van der Waals surface area (Å²) in [5.41, 5.74) is 2.78. The lowest BCUT2D eigenvalue weighted by atomic mass is 10.1. The van der Waals surface area contributed by atoms with Gasteiger partial charge in [0.15, 0.2) is 11.5 Å². The van der Waals surface area contributed by atoms with Gasteiger partial charge in [0.05, 0.1) is 38.9 Å². The van der Waals surface area contributed by atoms with Crippen molar-refractivity contribution in [3.8, 4) is 34.4 Å². The lowest BCUT2D eigenvalue weighted by Crippen LogP contribution is -2.09. The van der Waals surface area contributed by atoms with Gasteiger partial charge in [-0.1, -0.05) is 23.7 Å². The molecule has 4 aromatic rings. The maximum absolute atomic E-state index is 5.95. The molecule has 0 radical (unpaired) electrons. The summed E-state index contributed by atoms with van der Waals surface area (Å²) in [5.74, 6) is 3.26. The third-order valence-corrected chi connectivity index (χ3v) is 5.23. The zero-order valence-corrected chi connectivity index (χ0v) is 18.3. The van der Waals surface area contributed by atoms with Gasteiger partial charge in [0.2, 0.25) is 5.75 Å². The first-order valence-corrected chi connectivity index (χ1v) is 10.2. The summed E-state index contributed by atoms with van der Waals surface area (Å²) in [6, 6.07) is 19.2. The van der Waals surface area contributed by atoms with Crippen LogP contribution in [0.5, 0.6) is 23.0 Å². The van der Waals surface area contributed by atoms with E-state index >= 15 is 0 Å². The Kier molecular flexibility index (Phi) is 6.18. The molecule has 0 bridgehead atoms. The number of ether oxygens (including phenoxy) is 4. The number of imidazole rings is 1. The second-order valence-electron chi connectivity index (χ2n) is 6.79. The smallest absolute Gasteiger partial charge is 0.203 e. The minimum absolute atomic E-state index is 0.472. The molecule has 0 fully saturated rings. The summed E-state index contributed by atoms with van der Waals surface area (Å²) < 4.78 is 24.6. The van der Waals surface area contributed by atoms with Crippen LogP contribution in [0.25, 0.3) is 22.4 Å². The predicted octanol–water partition coefficient (Wildman–Crippen LogP) is 5.46. The number of fused-ring (bicyclic) bond motifs is 1. The Morgan fingerprint density at radius 2 is 1.55 bits per heavy atom. The van der Waals surface area contributed by atoms with Gasteiger partial charge in [-0.3, -0.25) is 0 Å². The van der Waals surface area contributed by atoms with Crippen LogP contribution in [0.15, 0.2) is 60.7 Å². The molecule has 0 saturated heterocycles. The highest BCUT2D eigenvalue weighted by molar-refractivity contribution is 6.30. The third-order valence-electron chi connectivity index (χ3n) is 4.97. The minimum atomic E-state index is 0.472. The Bertz CT molecular complexity index is 1160. The van der Waals surface area contributed by atoms with Crippen LogP contribution in [-0.2, 0) is 6.54 Å². The van der Waals surface area contributed by atoms with E-state index < -0.39 is 0 Å². The van der Waals surface area contributed by atoms with Gasteiger partial charge in [-0.05, 0) is 48.5 Å². The van der Waals surface area contributed by atoms with Crippen LogP contribution in [0.1, 0.15) is 0 Å². The van der Waals surface area contributed by atoms with Gasteiger partial charge >= 0.3 is 0 Å². The van der Waals surface area contributed by atoms with Crippen molar-refractivity contribution in [1.29, 1.82) is 0 Å². The first-order valence-electron chi connectivity index (χ1n) is 9.78. The number of benzene rings is 3. The molecule has 6 nitrogen and oxygen atoms in total. The van der Waals surface area contributed by atoms with Crippen LogP contribution >= 0.6 is 11.6 Å². The Morgan fingerprint density at radius 3 is 2.19 bits per heavy atom. The monoisotopic (exact) mass is 438 g/mol. The number of hydrogen-bond donors (Lipinski definition) is 0. The molecule has 160 valence electrons. The lowest BCUT2D eigenvalue weighted by molar-refractivity contribution is 0.301. The second kappa shape index (κ2) is 9.18. The number of methoxy groups -OCH3 is 3. The van der Waals surface area contributed by atoms with Crippen LogP contribution in [0.4, 0.5) is 0 Å². The molecule has 0 saturated carbocycles. The molecule has 0 unspecified atom stereocenters. The largest absolute Gasteiger partial charge is 0.493 e. The molecule has 0 aliphatic carbocycles. The summed E-state index contributed by atoms with van der Waals surface area (Å²) in [4.78, 5) is 4.86. The molecule has 0 N–H and O–H groups in total. The Balaban J connectivity index is 1.72. The van der Waals surface area contributed by atoms with E-state index in [1.54, 1.807) is 21.3 Å². The van der Waals surface area contributed by atoms with E-state index in [1.165, 1.54) is 0 Å². The van der Waals surface area contributed by atoms with Crippen molar-refractivity contribution in [3.63, 3.8) is 0 Å². The van der Waals surface area contributed by atoms with Gasteiger partial charge in [0.25, 0.3) is 0 Å². The molecular weight excluding hydrogens is 416 g/mol.